The van der Waals surface area contributed by atoms with Crippen molar-refractivity contribution in [1.82, 2.24) is 0 Å². The molecule has 0 aliphatic rings. The number of rotatable bonds is 3. The van der Waals surface area contributed by atoms with Gasteiger partial charge in [0.1, 0.15) is 11.8 Å². The number of ether oxygens (including phenoxy) is 1. The lowest BCUT2D eigenvalue weighted by Crippen LogP contribution is -2.02. The second kappa shape index (κ2) is 4.34. The van der Waals surface area contributed by atoms with E-state index >= 15 is 0 Å². The monoisotopic (exact) mass is 203 g/mol. The highest BCUT2D eigenvalue weighted by Crippen LogP contribution is 2.15. The molecule has 1 aromatic carbocycles. The van der Waals surface area contributed by atoms with E-state index in [1.165, 1.54) is 19.2 Å². The normalized spacial score (nSPS) is 12.8. The number of hydrogen-bond acceptors (Lipinski definition) is 3. The van der Waals surface area contributed by atoms with Crippen molar-refractivity contribution in [1.29, 1.82) is 0 Å². The Morgan fingerprint density at radius 2 is 2.31 bits per heavy atom. The van der Waals surface area contributed by atoms with Gasteiger partial charge in [-0.1, -0.05) is 0 Å². The van der Waals surface area contributed by atoms with E-state index in [2.05, 4.69) is 4.74 Å². The lowest BCUT2D eigenvalue weighted by Gasteiger charge is -2.02. The van der Waals surface area contributed by atoms with Crippen LogP contribution in [0.15, 0.2) is 23.1 Å². The van der Waals surface area contributed by atoms with Gasteiger partial charge in [-0.05, 0) is 18.2 Å². The van der Waals surface area contributed by atoms with Gasteiger partial charge >= 0.3 is 0 Å². The quantitative estimate of drug-likeness (QED) is 0.749. The number of nitrogen functional groups attached to an aromatic ring is 1. The Bertz CT molecular complexity index is 330. The molecule has 0 bridgehead atoms. The predicted octanol–water partition coefficient (Wildman–Crippen LogP) is 1.12. The molecule has 0 spiro atoms. The van der Waals surface area contributed by atoms with Crippen molar-refractivity contribution in [2.24, 2.45) is 0 Å². The van der Waals surface area contributed by atoms with Crippen molar-refractivity contribution in [3.8, 4) is 0 Å². The van der Waals surface area contributed by atoms with E-state index in [4.69, 9.17) is 5.73 Å². The average molecular weight is 203 g/mol. The summed E-state index contributed by atoms with van der Waals surface area (Å²) in [5.41, 5.74) is 5.65. The van der Waals surface area contributed by atoms with E-state index in [1.807, 2.05) is 0 Å². The highest BCUT2D eigenvalue weighted by atomic mass is 32.2. The molecule has 0 aromatic heterocycles. The Hall–Kier alpha value is -0.940. The SMILES string of the molecule is COCS(=O)c1ccc(N)cc1F. The highest BCUT2D eigenvalue weighted by molar-refractivity contribution is 7.84. The summed E-state index contributed by atoms with van der Waals surface area (Å²) in [4.78, 5) is 0.121. The Morgan fingerprint density at radius 1 is 1.62 bits per heavy atom. The number of hydrogen-bond donors (Lipinski definition) is 1. The first-order valence-electron chi connectivity index (χ1n) is 3.57. The van der Waals surface area contributed by atoms with Crippen LogP contribution >= 0.6 is 0 Å². The molecule has 0 saturated heterocycles. The van der Waals surface area contributed by atoms with Gasteiger partial charge in [0.15, 0.2) is 0 Å². The lowest BCUT2D eigenvalue weighted by molar-refractivity contribution is 0.254. The van der Waals surface area contributed by atoms with Crippen molar-refractivity contribution in [3.05, 3.63) is 24.0 Å². The molecule has 3 nitrogen and oxygen atoms in total. The van der Waals surface area contributed by atoms with E-state index in [0.29, 0.717) is 5.69 Å². The average Bonchev–Trinajstić information content (AvgIpc) is 2.04. The molecule has 0 amide bonds. The molecule has 1 rings (SSSR count). The third kappa shape index (κ3) is 2.50. The Balaban J connectivity index is 2.95. The first-order chi connectivity index (χ1) is 6.15. The Kier molecular flexibility index (Phi) is 3.39. The van der Waals surface area contributed by atoms with Gasteiger partial charge in [0.25, 0.3) is 0 Å². The zero-order valence-corrected chi connectivity index (χ0v) is 7.94. The molecule has 0 aliphatic heterocycles. The zero-order valence-electron chi connectivity index (χ0n) is 7.12. The van der Waals surface area contributed by atoms with Gasteiger partial charge in [-0.25, -0.2) is 4.39 Å². The summed E-state index contributed by atoms with van der Waals surface area (Å²) in [7, 11) is -0.0462. The molecule has 1 unspecified atom stereocenters. The first-order valence-corrected chi connectivity index (χ1v) is 4.89. The van der Waals surface area contributed by atoms with Gasteiger partial charge < -0.3 is 10.5 Å². The maximum Gasteiger partial charge on any atom is 0.141 e. The number of anilines is 1. The van der Waals surface area contributed by atoms with Crippen LogP contribution in [0.5, 0.6) is 0 Å². The summed E-state index contributed by atoms with van der Waals surface area (Å²) < 4.78 is 29.0. The number of halogens is 1. The Labute approximate surface area is 78.2 Å². The Morgan fingerprint density at radius 3 is 2.85 bits per heavy atom. The highest BCUT2D eigenvalue weighted by Gasteiger charge is 2.09. The van der Waals surface area contributed by atoms with E-state index < -0.39 is 16.6 Å². The maximum atomic E-state index is 13.1. The molecule has 0 fully saturated rings. The molecule has 1 aromatic rings. The van der Waals surface area contributed by atoms with Gasteiger partial charge in [-0.15, -0.1) is 0 Å². The molecule has 5 heteroatoms. The second-order valence-corrected chi connectivity index (χ2v) is 3.81. The standard InChI is InChI=1S/C8H10FNO2S/c1-12-5-13(11)8-3-2-6(10)4-7(8)9/h2-4H,5,10H2,1H3. The minimum absolute atomic E-state index is 0.0131. The van der Waals surface area contributed by atoms with Crippen molar-refractivity contribution >= 4 is 16.5 Å². The number of nitrogens with two attached hydrogens (primary N) is 1. The van der Waals surface area contributed by atoms with Crippen LogP contribution in [0.3, 0.4) is 0 Å². The van der Waals surface area contributed by atoms with Gasteiger partial charge in [-0.2, -0.15) is 0 Å². The molecule has 0 radical (unpaired) electrons. The van der Waals surface area contributed by atoms with Crippen molar-refractivity contribution in [3.63, 3.8) is 0 Å². The number of methoxy groups -OCH3 is 1. The van der Waals surface area contributed by atoms with Crippen molar-refractivity contribution < 1.29 is 13.3 Å². The molecular weight excluding hydrogens is 193 g/mol. The lowest BCUT2D eigenvalue weighted by atomic mass is 10.3. The van der Waals surface area contributed by atoms with Crippen LogP contribution in [0.1, 0.15) is 0 Å². The molecule has 2 N–H and O–H groups in total. The van der Waals surface area contributed by atoms with E-state index in [-0.39, 0.29) is 10.8 Å². The van der Waals surface area contributed by atoms with Crippen LogP contribution in [0.4, 0.5) is 10.1 Å². The molecule has 0 aliphatic carbocycles. The molecule has 1 atom stereocenters. The third-order valence-electron chi connectivity index (χ3n) is 1.43. The van der Waals surface area contributed by atoms with Crippen LogP contribution < -0.4 is 5.73 Å². The van der Waals surface area contributed by atoms with Crippen LogP contribution in [0.25, 0.3) is 0 Å². The molecule has 13 heavy (non-hydrogen) atoms. The fourth-order valence-corrected chi connectivity index (χ4v) is 1.71. The second-order valence-electron chi connectivity index (χ2n) is 2.44. The van der Waals surface area contributed by atoms with E-state index in [0.717, 1.165) is 6.07 Å². The minimum atomic E-state index is -1.46. The largest absolute Gasteiger partial charge is 0.399 e. The van der Waals surface area contributed by atoms with Crippen LogP contribution in [-0.2, 0) is 15.5 Å². The summed E-state index contributed by atoms with van der Waals surface area (Å²) in [6.07, 6.45) is 0. The fraction of sp³-hybridized carbons (Fsp3) is 0.250. The molecule has 72 valence electrons. The summed E-state index contributed by atoms with van der Waals surface area (Å²) in [6.45, 7) is 0. The van der Waals surface area contributed by atoms with Crippen molar-refractivity contribution in [2.45, 2.75) is 4.90 Å². The van der Waals surface area contributed by atoms with Gasteiger partial charge in [0, 0.05) is 12.8 Å². The number of benzene rings is 1. The third-order valence-corrected chi connectivity index (χ3v) is 2.70. The van der Waals surface area contributed by atoms with Crippen LogP contribution in [-0.4, -0.2) is 17.3 Å². The first kappa shape index (κ1) is 10.1. The van der Waals surface area contributed by atoms with Gasteiger partial charge in [0.2, 0.25) is 0 Å². The summed E-state index contributed by atoms with van der Waals surface area (Å²) in [6, 6.07) is 4.05. The van der Waals surface area contributed by atoms with E-state index in [9.17, 15) is 8.60 Å². The predicted molar refractivity (Wildman–Crippen MR) is 49.1 cm³/mol. The van der Waals surface area contributed by atoms with Gasteiger partial charge in [-0.3, -0.25) is 4.21 Å². The smallest absolute Gasteiger partial charge is 0.141 e. The fourth-order valence-electron chi connectivity index (χ4n) is 0.872. The molecule has 0 heterocycles. The van der Waals surface area contributed by atoms with Gasteiger partial charge in [0.05, 0.1) is 15.7 Å². The minimum Gasteiger partial charge on any atom is -0.399 e. The van der Waals surface area contributed by atoms with Crippen molar-refractivity contribution in [2.75, 3.05) is 18.8 Å². The topological polar surface area (TPSA) is 52.3 Å². The zero-order chi connectivity index (χ0) is 9.84. The summed E-state index contributed by atoms with van der Waals surface area (Å²) in [5.74, 6) is -0.573. The van der Waals surface area contributed by atoms with Crippen LogP contribution in [0, 0.1) is 5.82 Å². The maximum absolute atomic E-state index is 13.1. The van der Waals surface area contributed by atoms with Crippen LogP contribution in [0.2, 0.25) is 0 Å². The summed E-state index contributed by atoms with van der Waals surface area (Å²) in [5, 5.41) is 0. The molecule has 0 saturated carbocycles. The molecular formula is C8H10FNO2S. The summed E-state index contributed by atoms with van der Waals surface area (Å²) >= 11 is 0. The van der Waals surface area contributed by atoms with E-state index in [1.54, 1.807) is 0 Å².